The van der Waals surface area contributed by atoms with Crippen molar-refractivity contribution in [1.82, 2.24) is 20.4 Å². The topological polar surface area (TPSA) is 59.0 Å². The third-order valence-electron chi connectivity index (χ3n) is 3.05. The highest BCUT2D eigenvalue weighted by Gasteiger charge is 2.02. The fraction of sp³-hybridized carbons (Fsp3) is 0.375. The van der Waals surface area contributed by atoms with Crippen LogP contribution in [-0.4, -0.2) is 22.4 Å². The Balaban J connectivity index is 1.78. The minimum atomic E-state index is -0.121. The van der Waals surface area contributed by atoms with Gasteiger partial charge in [-0.3, -0.25) is 4.68 Å². The zero-order chi connectivity index (χ0) is 15.1. The Labute approximate surface area is 125 Å². The van der Waals surface area contributed by atoms with E-state index >= 15 is 0 Å². The number of amides is 2. The zero-order valence-corrected chi connectivity index (χ0v) is 12.5. The molecule has 1 aromatic carbocycles. The van der Waals surface area contributed by atoms with Crippen molar-refractivity contribution in [2.24, 2.45) is 5.92 Å². The number of nitrogens with one attached hydrogen (secondary N) is 2. The summed E-state index contributed by atoms with van der Waals surface area (Å²) in [7, 11) is 0. The summed E-state index contributed by atoms with van der Waals surface area (Å²) >= 11 is 0. The molecule has 0 saturated heterocycles. The maximum Gasteiger partial charge on any atom is 0.315 e. The molecule has 112 valence electrons. The van der Waals surface area contributed by atoms with Crippen LogP contribution in [0.4, 0.5) is 4.79 Å². The average molecular weight is 286 g/mol. The summed E-state index contributed by atoms with van der Waals surface area (Å²) in [5.74, 6) is 0.456. The van der Waals surface area contributed by atoms with Crippen LogP contribution >= 0.6 is 0 Å². The molecule has 0 fully saturated rings. The van der Waals surface area contributed by atoms with Crippen LogP contribution < -0.4 is 10.6 Å². The molecule has 2 aromatic rings. The zero-order valence-electron chi connectivity index (χ0n) is 12.5. The molecule has 2 amide bonds. The molecule has 0 atom stereocenters. The van der Waals surface area contributed by atoms with Gasteiger partial charge in [0.1, 0.15) is 0 Å². The first kappa shape index (κ1) is 15.1. The van der Waals surface area contributed by atoms with Crippen molar-refractivity contribution < 1.29 is 4.79 Å². The van der Waals surface area contributed by atoms with Gasteiger partial charge in [-0.05, 0) is 23.1 Å². The summed E-state index contributed by atoms with van der Waals surface area (Å²) in [5.41, 5.74) is 2.27. The molecular weight excluding hydrogens is 264 g/mol. The molecule has 21 heavy (non-hydrogen) atoms. The second-order valence-electron chi connectivity index (χ2n) is 5.48. The molecule has 0 aliphatic heterocycles. The van der Waals surface area contributed by atoms with Gasteiger partial charge in [0.05, 0.1) is 6.54 Å². The van der Waals surface area contributed by atoms with Gasteiger partial charge < -0.3 is 10.6 Å². The number of rotatable bonds is 6. The largest absolute Gasteiger partial charge is 0.338 e. The Morgan fingerprint density at radius 1 is 1.19 bits per heavy atom. The van der Waals surface area contributed by atoms with E-state index in [9.17, 15) is 4.79 Å². The molecule has 0 aliphatic rings. The summed E-state index contributed by atoms with van der Waals surface area (Å²) < 4.78 is 1.88. The third-order valence-corrected chi connectivity index (χ3v) is 3.05. The summed E-state index contributed by atoms with van der Waals surface area (Å²) in [6, 6.07) is 9.97. The van der Waals surface area contributed by atoms with Gasteiger partial charge in [0.2, 0.25) is 0 Å². The normalized spacial score (nSPS) is 10.6. The quantitative estimate of drug-likeness (QED) is 0.856. The first-order valence-electron chi connectivity index (χ1n) is 7.20. The highest BCUT2D eigenvalue weighted by Crippen LogP contribution is 2.06. The molecule has 0 unspecified atom stereocenters. The van der Waals surface area contributed by atoms with Crippen molar-refractivity contribution in [2.75, 3.05) is 6.54 Å². The number of nitrogens with zero attached hydrogens (tertiary/aromatic N) is 2. The lowest BCUT2D eigenvalue weighted by molar-refractivity contribution is 0.239. The van der Waals surface area contributed by atoms with E-state index in [1.165, 1.54) is 5.56 Å². The van der Waals surface area contributed by atoms with Crippen LogP contribution in [0.15, 0.2) is 42.7 Å². The predicted molar refractivity (Wildman–Crippen MR) is 82.8 cm³/mol. The molecule has 2 rings (SSSR count). The van der Waals surface area contributed by atoms with Crippen LogP contribution in [0.1, 0.15) is 25.0 Å². The Morgan fingerprint density at radius 2 is 1.90 bits per heavy atom. The van der Waals surface area contributed by atoms with Crippen LogP contribution in [-0.2, 0) is 13.1 Å². The molecule has 0 saturated carbocycles. The number of carbonyl (C=O) groups is 1. The van der Waals surface area contributed by atoms with Gasteiger partial charge >= 0.3 is 6.03 Å². The third kappa shape index (κ3) is 5.30. The average Bonchev–Trinajstić information content (AvgIpc) is 2.97. The second kappa shape index (κ2) is 7.47. The van der Waals surface area contributed by atoms with Crippen molar-refractivity contribution in [2.45, 2.75) is 26.9 Å². The fourth-order valence-electron chi connectivity index (χ4n) is 1.89. The molecule has 5 heteroatoms. The lowest BCUT2D eigenvalue weighted by Crippen LogP contribution is -2.36. The fourth-order valence-corrected chi connectivity index (χ4v) is 1.89. The maximum atomic E-state index is 11.6. The molecular formula is C16H22N4O. The monoisotopic (exact) mass is 286 g/mol. The number of hydrogen-bond acceptors (Lipinski definition) is 2. The van der Waals surface area contributed by atoms with Crippen molar-refractivity contribution in [3.8, 4) is 0 Å². The number of aromatic nitrogens is 2. The van der Waals surface area contributed by atoms with Gasteiger partial charge in [-0.25, -0.2) is 4.79 Å². The van der Waals surface area contributed by atoms with E-state index < -0.39 is 0 Å². The summed E-state index contributed by atoms with van der Waals surface area (Å²) in [4.78, 5) is 11.6. The van der Waals surface area contributed by atoms with Gasteiger partial charge in [0, 0.05) is 25.5 Å². The Bertz CT molecular complexity index is 546. The van der Waals surface area contributed by atoms with Gasteiger partial charge in [-0.15, -0.1) is 0 Å². The van der Waals surface area contributed by atoms with E-state index in [0.29, 0.717) is 19.0 Å². The molecule has 0 spiro atoms. The first-order chi connectivity index (χ1) is 10.1. The Hall–Kier alpha value is -2.30. The summed E-state index contributed by atoms with van der Waals surface area (Å²) in [5, 5.41) is 9.86. The van der Waals surface area contributed by atoms with E-state index in [0.717, 1.165) is 12.1 Å². The molecule has 1 aromatic heterocycles. The number of hydrogen-bond donors (Lipinski definition) is 2. The van der Waals surface area contributed by atoms with Crippen molar-refractivity contribution in [3.05, 3.63) is 53.9 Å². The van der Waals surface area contributed by atoms with E-state index in [-0.39, 0.29) is 6.03 Å². The smallest absolute Gasteiger partial charge is 0.315 e. The van der Waals surface area contributed by atoms with Crippen molar-refractivity contribution in [1.29, 1.82) is 0 Å². The standard InChI is InChI=1S/C16H22N4O/c1-13(2)10-17-16(21)18-11-14-4-6-15(7-5-14)12-20-9-3-8-19-20/h3-9,13H,10-12H2,1-2H3,(H2,17,18,21). The lowest BCUT2D eigenvalue weighted by Gasteiger charge is -2.10. The highest BCUT2D eigenvalue weighted by atomic mass is 16.2. The van der Waals surface area contributed by atoms with Crippen LogP contribution in [0.2, 0.25) is 0 Å². The Morgan fingerprint density at radius 3 is 2.52 bits per heavy atom. The van der Waals surface area contributed by atoms with Crippen molar-refractivity contribution >= 4 is 6.03 Å². The Kier molecular flexibility index (Phi) is 5.37. The lowest BCUT2D eigenvalue weighted by atomic mass is 10.1. The number of benzene rings is 1. The van der Waals surface area contributed by atoms with Crippen LogP contribution in [0.25, 0.3) is 0 Å². The SMILES string of the molecule is CC(C)CNC(=O)NCc1ccc(Cn2cccn2)cc1. The summed E-state index contributed by atoms with van der Waals surface area (Å²) in [6.45, 7) is 6.12. The van der Waals surface area contributed by atoms with Gasteiger partial charge in [-0.2, -0.15) is 5.10 Å². The maximum absolute atomic E-state index is 11.6. The molecule has 1 heterocycles. The highest BCUT2D eigenvalue weighted by molar-refractivity contribution is 5.73. The van der Waals surface area contributed by atoms with Crippen LogP contribution in [0.3, 0.4) is 0 Å². The molecule has 0 bridgehead atoms. The van der Waals surface area contributed by atoms with Crippen LogP contribution in [0, 0.1) is 5.92 Å². The second-order valence-corrected chi connectivity index (χ2v) is 5.48. The molecule has 0 aliphatic carbocycles. The summed E-state index contributed by atoms with van der Waals surface area (Å²) in [6.07, 6.45) is 3.71. The van der Waals surface area contributed by atoms with Gasteiger partial charge in [0.25, 0.3) is 0 Å². The first-order valence-corrected chi connectivity index (χ1v) is 7.20. The predicted octanol–water partition coefficient (Wildman–Crippen LogP) is 2.39. The molecule has 2 N–H and O–H groups in total. The van der Waals surface area contributed by atoms with E-state index in [1.54, 1.807) is 6.20 Å². The van der Waals surface area contributed by atoms with E-state index in [4.69, 9.17) is 0 Å². The molecule has 5 nitrogen and oxygen atoms in total. The number of urea groups is 1. The van der Waals surface area contributed by atoms with E-state index in [2.05, 4.69) is 41.7 Å². The minimum absolute atomic E-state index is 0.121. The van der Waals surface area contributed by atoms with Crippen molar-refractivity contribution in [3.63, 3.8) is 0 Å². The van der Waals surface area contributed by atoms with Gasteiger partial charge in [-0.1, -0.05) is 38.1 Å². The minimum Gasteiger partial charge on any atom is -0.338 e. The number of carbonyl (C=O) groups excluding carboxylic acids is 1. The van der Waals surface area contributed by atoms with Crippen LogP contribution in [0.5, 0.6) is 0 Å². The molecule has 0 radical (unpaired) electrons. The van der Waals surface area contributed by atoms with E-state index in [1.807, 2.05) is 29.1 Å². The van der Waals surface area contributed by atoms with Gasteiger partial charge in [0.15, 0.2) is 0 Å².